The summed E-state index contributed by atoms with van der Waals surface area (Å²) in [6.45, 7) is 2.85. The molecule has 104 valence electrons. The van der Waals surface area contributed by atoms with Crippen molar-refractivity contribution in [2.75, 3.05) is 16.9 Å². The molecule has 1 aromatic heterocycles. The van der Waals surface area contributed by atoms with Gasteiger partial charge in [0.2, 0.25) is 0 Å². The highest BCUT2D eigenvalue weighted by molar-refractivity contribution is 5.66. The smallest absolute Gasteiger partial charge is 0.145 e. The Morgan fingerprint density at radius 3 is 2.90 bits per heavy atom. The van der Waals surface area contributed by atoms with E-state index in [-0.39, 0.29) is 0 Å². The lowest BCUT2D eigenvalue weighted by Gasteiger charge is -2.24. The third kappa shape index (κ3) is 2.44. The standard InChI is InChI=1S/C15H19N5/c1-11-17-14(19-16)10-15(18-11)20-9-5-4-7-12-6-2-3-8-13(12)20/h2-3,6,8,10H,4-5,7,9,16H2,1H3,(H,17,18,19). The number of nitrogen functional groups attached to an aromatic ring is 1. The molecule has 5 nitrogen and oxygen atoms in total. The summed E-state index contributed by atoms with van der Waals surface area (Å²) < 4.78 is 0. The zero-order chi connectivity index (χ0) is 13.9. The molecule has 5 heteroatoms. The van der Waals surface area contributed by atoms with Crippen LogP contribution in [0.25, 0.3) is 0 Å². The van der Waals surface area contributed by atoms with Crippen LogP contribution in [-0.4, -0.2) is 16.5 Å². The van der Waals surface area contributed by atoms with Crippen LogP contribution in [0.5, 0.6) is 0 Å². The summed E-state index contributed by atoms with van der Waals surface area (Å²) in [6.07, 6.45) is 3.49. The topological polar surface area (TPSA) is 67.1 Å². The fourth-order valence-corrected chi connectivity index (χ4v) is 2.69. The van der Waals surface area contributed by atoms with Crippen LogP contribution in [0.3, 0.4) is 0 Å². The SMILES string of the molecule is Cc1nc(NN)cc(N2CCCCc3ccccc32)n1. The molecule has 3 N–H and O–H groups in total. The Hall–Kier alpha value is -2.14. The van der Waals surface area contributed by atoms with E-state index in [1.54, 1.807) is 0 Å². The van der Waals surface area contributed by atoms with Crippen molar-refractivity contribution >= 4 is 17.3 Å². The molecule has 0 amide bonds. The lowest BCUT2D eigenvalue weighted by Crippen LogP contribution is -2.20. The quantitative estimate of drug-likeness (QED) is 0.648. The Labute approximate surface area is 118 Å². The van der Waals surface area contributed by atoms with Gasteiger partial charge in [-0.25, -0.2) is 15.8 Å². The summed E-state index contributed by atoms with van der Waals surface area (Å²) in [5.41, 5.74) is 5.23. The normalized spacial score (nSPS) is 14.6. The van der Waals surface area contributed by atoms with Crippen LogP contribution in [0.15, 0.2) is 30.3 Å². The highest BCUT2D eigenvalue weighted by Gasteiger charge is 2.18. The number of hydrogen-bond donors (Lipinski definition) is 2. The van der Waals surface area contributed by atoms with Gasteiger partial charge >= 0.3 is 0 Å². The molecule has 0 saturated heterocycles. The van der Waals surface area contributed by atoms with Gasteiger partial charge in [0.15, 0.2) is 0 Å². The van der Waals surface area contributed by atoms with Crippen LogP contribution in [0.1, 0.15) is 24.2 Å². The molecule has 0 saturated carbocycles. The summed E-state index contributed by atoms with van der Waals surface area (Å²) in [5.74, 6) is 7.75. The Morgan fingerprint density at radius 1 is 1.20 bits per heavy atom. The van der Waals surface area contributed by atoms with E-state index in [1.165, 1.54) is 17.7 Å². The minimum Gasteiger partial charge on any atom is -0.326 e. The summed E-state index contributed by atoms with van der Waals surface area (Å²) in [6, 6.07) is 10.4. The molecule has 1 aromatic carbocycles. The first-order chi connectivity index (χ1) is 9.78. The van der Waals surface area contributed by atoms with Gasteiger partial charge in [0.25, 0.3) is 0 Å². The fraction of sp³-hybridized carbons (Fsp3) is 0.333. The number of hydrazine groups is 1. The van der Waals surface area contributed by atoms with Gasteiger partial charge < -0.3 is 10.3 Å². The number of aryl methyl sites for hydroxylation is 2. The fourth-order valence-electron chi connectivity index (χ4n) is 2.69. The Balaban J connectivity index is 2.07. The van der Waals surface area contributed by atoms with E-state index in [1.807, 2.05) is 13.0 Å². The molecule has 2 heterocycles. The Morgan fingerprint density at radius 2 is 2.05 bits per heavy atom. The van der Waals surface area contributed by atoms with Crippen molar-refractivity contribution in [3.05, 3.63) is 41.7 Å². The van der Waals surface area contributed by atoms with Crippen LogP contribution in [0.2, 0.25) is 0 Å². The number of aromatic nitrogens is 2. The molecule has 0 spiro atoms. The molecule has 2 aromatic rings. The zero-order valence-electron chi connectivity index (χ0n) is 11.6. The van der Waals surface area contributed by atoms with E-state index >= 15 is 0 Å². The second-order valence-corrected chi connectivity index (χ2v) is 5.04. The first kappa shape index (κ1) is 12.9. The van der Waals surface area contributed by atoms with Gasteiger partial charge in [0.05, 0.1) is 0 Å². The Bertz CT molecular complexity index is 611. The number of anilines is 3. The van der Waals surface area contributed by atoms with Crippen molar-refractivity contribution in [1.29, 1.82) is 0 Å². The highest BCUT2D eigenvalue weighted by Crippen LogP contribution is 2.32. The van der Waals surface area contributed by atoms with E-state index in [4.69, 9.17) is 5.84 Å². The maximum absolute atomic E-state index is 5.48. The van der Waals surface area contributed by atoms with Crippen LogP contribution in [0, 0.1) is 6.92 Å². The largest absolute Gasteiger partial charge is 0.326 e. The van der Waals surface area contributed by atoms with Crippen LogP contribution < -0.4 is 16.2 Å². The number of benzene rings is 1. The van der Waals surface area contributed by atoms with Gasteiger partial charge in [-0.3, -0.25) is 0 Å². The van der Waals surface area contributed by atoms with Crippen LogP contribution in [-0.2, 0) is 6.42 Å². The van der Waals surface area contributed by atoms with Gasteiger partial charge in [-0.1, -0.05) is 18.2 Å². The number of para-hydroxylation sites is 1. The lowest BCUT2D eigenvalue weighted by molar-refractivity contribution is 0.756. The first-order valence-electron chi connectivity index (χ1n) is 6.95. The van der Waals surface area contributed by atoms with E-state index in [0.29, 0.717) is 5.82 Å². The van der Waals surface area contributed by atoms with Crippen molar-refractivity contribution in [3.63, 3.8) is 0 Å². The number of nitrogens with one attached hydrogen (secondary N) is 1. The third-order valence-corrected chi connectivity index (χ3v) is 3.61. The number of rotatable bonds is 2. The minimum absolute atomic E-state index is 0.647. The molecule has 0 fully saturated rings. The van der Waals surface area contributed by atoms with E-state index < -0.39 is 0 Å². The number of fused-ring (bicyclic) bond motifs is 1. The average Bonchev–Trinajstić information content (AvgIpc) is 2.69. The molecule has 1 aliphatic rings. The lowest BCUT2D eigenvalue weighted by atomic mass is 10.1. The van der Waals surface area contributed by atoms with Crippen molar-refractivity contribution in [2.45, 2.75) is 26.2 Å². The molecule has 0 unspecified atom stereocenters. The molecule has 1 aliphatic heterocycles. The van der Waals surface area contributed by atoms with Crippen LogP contribution >= 0.6 is 0 Å². The molecule has 3 rings (SSSR count). The number of nitrogens with two attached hydrogens (primary N) is 1. The molecule has 0 radical (unpaired) electrons. The summed E-state index contributed by atoms with van der Waals surface area (Å²) >= 11 is 0. The third-order valence-electron chi connectivity index (χ3n) is 3.61. The van der Waals surface area contributed by atoms with Crippen molar-refractivity contribution in [3.8, 4) is 0 Å². The van der Waals surface area contributed by atoms with Gasteiger partial charge in [-0.05, 0) is 37.8 Å². The minimum atomic E-state index is 0.647. The summed E-state index contributed by atoms with van der Waals surface area (Å²) in [4.78, 5) is 11.1. The predicted octanol–water partition coefficient (Wildman–Crippen LogP) is 2.55. The Kier molecular flexibility index (Phi) is 3.52. The van der Waals surface area contributed by atoms with E-state index in [2.05, 4.69) is 44.6 Å². The van der Waals surface area contributed by atoms with Gasteiger partial charge in [0, 0.05) is 18.3 Å². The zero-order valence-corrected chi connectivity index (χ0v) is 11.6. The molecule has 0 atom stereocenters. The van der Waals surface area contributed by atoms with Gasteiger partial charge in [-0.2, -0.15) is 0 Å². The summed E-state index contributed by atoms with van der Waals surface area (Å²) in [5, 5.41) is 0. The van der Waals surface area contributed by atoms with E-state index in [0.717, 1.165) is 31.0 Å². The molecule has 0 aliphatic carbocycles. The number of nitrogens with zero attached hydrogens (tertiary/aromatic N) is 3. The van der Waals surface area contributed by atoms with Crippen LogP contribution in [0.4, 0.5) is 17.3 Å². The number of hydrogen-bond acceptors (Lipinski definition) is 5. The maximum Gasteiger partial charge on any atom is 0.145 e. The monoisotopic (exact) mass is 269 g/mol. The van der Waals surface area contributed by atoms with Gasteiger partial charge in [0.1, 0.15) is 17.5 Å². The molecule has 0 bridgehead atoms. The highest BCUT2D eigenvalue weighted by atomic mass is 15.3. The first-order valence-corrected chi connectivity index (χ1v) is 6.95. The second-order valence-electron chi connectivity index (χ2n) is 5.04. The van der Waals surface area contributed by atoms with E-state index in [9.17, 15) is 0 Å². The van der Waals surface area contributed by atoms with Crippen molar-refractivity contribution in [2.24, 2.45) is 5.84 Å². The molecular weight excluding hydrogens is 250 g/mol. The molecular formula is C15H19N5. The molecule has 20 heavy (non-hydrogen) atoms. The summed E-state index contributed by atoms with van der Waals surface area (Å²) in [7, 11) is 0. The van der Waals surface area contributed by atoms with Crippen molar-refractivity contribution in [1.82, 2.24) is 9.97 Å². The predicted molar refractivity (Wildman–Crippen MR) is 81.0 cm³/mol. The average molecular weight is 269 g/mol. The van der Waals surface area contributed by atoms with Crippen molar-refractivity contribution < 1.29 is 0 Å². The maximum atomic E-state index is 5.48. The second kappa shape index (κ2) is 5.46. The van der Waals surface area contributed by atoms with Gasteiger partial charge in [-0.15, -0.1) is 0 Å².